The first-order chi connectivity index (χ1) is 9.65. The fourth-order valence-electron chi connectivity index (χ4n) is 2.51. The highest BCUT2D eigenvalue weighted by atomic mass is 35.5. The Hall–Kier alpha value is -1.80. The van der Waals surface area contributed by atoms with Crippen LogP contribution in [-0.4, -0.2) is 5.91 Å². The average Bonchev–Trinajstić information content (AvgIpc) is 3.24. The highest BCUT2D eigenvalue weighted by Gasteiger charge is 2.43. The van der Waals surface area contributed by atoms with E-state index in [1.54, 1.807) is 6.07 Å². The molecule has 102 valence electrons. The minimum atomic E-state index is 0.0794. The number of hydrogen-bond acceptors (Lipinski definition) is 1. The third-order valence-electron chi connectivity index (χ3n) is 3.81. The van der Waals surface area contributed by atoms with Gasteiger partial charge in [0.1, 0.15) is 0 Å². The predicted octanol–water partition coefficient (Wildman–Crippen LogP) is 4.39. The Morgan fingerprint density at radius 2 is 1.95 bits per heavy atom. The van der Waals surface area contributed by atoms with Crippen molar-refractivity contribution >= 4 is 23.2 Å². The zero-order valence-corrected chi connectivity index (χ0v) is 12.0. The summed E-state index contributed by atoms with van der Waals surface area (Å²) in [5.74, 6) is 0.524. The van der Waals surface area contributed by atoms with Crippen LogP contribution in [0.25, 0.3) is 0 Å². The number of amides is 1. The van der Waals surface area contributed by atoms with Gasteiger partial charge < -0.3 is 5.32 Å². The van der Waals surface area contributed by atoms with Gasteiger partial charge in [-0.2, -0.15) is 0 Å². The van der Waals surface area contributed by atoms with E-state index in [0.29, 0.717) is 10.9 Å². The van der Waals surface area contributed by atoms with Crippen LogP contribution in [-0.2, 0) is 4.79 Å². The van der Waals surface area contributed by atoms with Crippen molar-refractivity contribution in [2.24, 2.45) is 5.92 Å². The van der Waals surface area contributed by atoms with Gasteiger partial charge in [0.05, 0.1) is 0 Å². The fraction of sp³-hybridized carbons (Fsp3) is 0.235. The lowest BCUT2D eigenvalue weighted by Crippen LogP contribution is -2.15. The van der Waals surface area contributed by atoms with Crippen molar-refractivity contribution in [3.63, 3.8) is 0 Å². The van der Waals surface area contributed by atoms with Gasteiger partial charge >= 0.3 is 0 Å². The number of carbonyl (C=O) groups excluding carboxylic acids is 1. The molecular formula is C17H16ClNO. The lowest BCUT2D eigenvalue weighted by Gasteiger charge is -2.08. The van der Waals surface area contributed by atoms with Crippen LogP contribution in [0.3, 0.4) is 0 Å². The van der Waals surface area contributed by atoms with E-state index in [-0.39, 0.29) is 11.8 Å². The van der Waals surface area contributed by atoms with Gasteiger partial charge in [0.15, 0.2) is 0 Å². The molecule has 1 amide bonds. The molecule has 1 aliphatic rings. The van der Waals surface area contributed by atoms with E-state index in [0.717, 1.165) is 17.7 Å². The summed E-state index contributed by atoms with van der Waals surface area (Å²) in [7, 11) is 0. The fourth-order valence-corrected chi connectivity index (χ4v) is 2.68. The molecule has 0 saturated heterocycles. The molecular weight excluding hydrogens is 270 g/mol. The number of benzene rings is 2. The Morgan fingerprint density at radius 1 is 1.20 bits per heavy atom. The number of halogens is 1. The summed E-state index contributed by atoms with van der Waals surface area (Å²) in [6, 6.07) is 15.7. The molecule has 0 aromatic heterocycles. The number of rotatable bonds is 3. The summed E-state index contributed by atoms with van der Waals surface area (Å²) in [6.07, 6.45) is 0.926. The predicted molar refractivity (Wildman–Crippen MR) is 82.1 cm³/mol. The van der Waals surface area contributed by atoms with Gasteiger partial charge in [-0.3, -0.25) is 4.79 Å². The van der Waals surface area contributed by atoms with Gasteiger partial charge in [0.2, 0.25) is 5.91 Å². The van der Waals surface area contributed by atoms with E-state index in [2.05, 4.69) is 17.4 Å². The Kier molecular flexibility index (Phi) is 3.49. The Labute approximate surface area is 123 Å². The molecule has 2 aromatic rings. The number of carbonyl (C=O) groups is 1. The normalized spacial score (nSPS) is 20.5. The first-order valence-electron chi connectivity index (χ1n) is 6.77. The quantitative estimate of drug-likeness (QED) is 0.890. The second-order valence-electron chi connectivity index (χ2n) is 5.31. The van der Waals surface area contributed by atoms with E-state index in [9.17, 15) is 4.79 Å². The molecule has 0 heterocycles. The van der Waals surface area contributed by atoms with Crippen molar-refractivity contribution in [1.29, 1.82) is 0 Å². The number of nitrogens with one attached hydrogen (secondary N) is 1. The molecule has 2 aromatic carbocycles. The zero-order chi connectivity index (χ0) is 14.1. The van der Waals surface area contributed by atoms with Crippen molar-refractivity contribution in [2.45, 2.75) is 19.3 Å². The molecule has 1 N–H and O–H groups in total. The third-order valence-corrected chi connectivity index (χ3v) is 4.05. The second-order valence-corrected chi connectivity index (χ2v) is 5.74. The van der Waals surface area contributed by atoms with Crippen LogP contribution in [0.4, 0.5) is 5.69 Å². The van der Waals surface area contributed by atoms with Crippen LogP contribution in [0.2, 0.25) is 5.02 Å². The maximum absolute atomic E-state index is 12.3. The Balaban J connectivity index is 1.68. The summed E-state index contributed by atoms with van der Waals surface area (Å²) in [4.78, 5) is 12.3. The summed E-state index contributed by atoms with van der Waals surface area (Å²) in [5.41, 5.74) is 3.08. The maximum atomic E-state index is 12.3. The highest BCUT2D eigenvalue weighted by Crippen LogP contribution is 2.48. The molecule has 1 aliphatic carbocycles. The molecule has 0 aliphatic heterocycles. The van der Waals surface area contributed by atoms with Crippen LogP contribution >= 0.6 is 11.6 Å². The van der Waals surface area contributed by atoms with Gasteiger partial charge in [0, 0.05) is 16.6 Å². The van der Waals surface area contributed by atoms with Gasteiger partial charge in [0.25, 0.3) is 0 Å². The molecule has 2 atom stereocenters. The standard InChI is InChI=1S/C17H16ClNO/c1-11-7-8-13(18)9-16(11)19-17(20)15-10-14(15)12-5-3-2-4-6-12/h2-9,14-15H,10H2,1H3,(H,19,20)/t14-,15+/m0/s1. The lowest BCUT2D eigenvalue weighted by atomic mass is 10.1. The van der Waals surface area contributed by atoms with E-state index in [4.69, 9.17) is 11.6 Å². The van der Waals surface area contributed by atoms with E-state index in [1.165, 1.54) is 5.56 Å². The van der Waals surface area contributed by atoms with Gasteiger partial charge in [-0.25, -0.2) is 0 Å². The summed E-state index contributed by atoms with van der Waals surface area (Å²) < 4.78 is 0. The topological polar surface area (TPSA) is 29.1 Å². The van der Waals surface area contributed by atoms with Crippen LogP contribution in [0.15, 0.2) is 48.5 Å². The molecule has 3 rings (SSSR count). The third kappa shape index (κ3) is 2.70. The molecule has 0 spiro atoms. The molecule has 1 saturated carbocycles. The van der Waals surface area contributed by atoms with E-state index >= 15 is 0 Å². The highest BCUT2D eigenvalue weighted by molar-refractivity contribution is 6.31. The minimum absolute atomic E-state index is 0.0794. The summed E-state index contributed by atoms with van der Waals surface area (Å²) in [5, 5.41) is 3.63. The molecule has 1 fully saturated rings. The first kappa shape index (κ1) is 13.2. The van der Waals surface area contributed by atoms with Crippen molar-refractivity contribution in [3.8, 4) is 0 Å². The van der Waals surface area contributed by atoms with Crippen LogP contribution in [0.1, 0.15) is 23.5 Å². The van der Waals surface area contributed by atoms with Gasteiger partial charge in [-0.1, -0.05) is 48.0 Å². The lowest BCUT2D eigenvalue weighted by molar-refractivity contribution is -0.117. The van der Waals surface area contributed by atoms with Gasteiger partial charge in [-0.15, -0.1) is 0 Å². The number of hydrogen-bond donors (Lipinski definition) is 1. The van der Waals surface area contributed by atoms with Crippen molar-refractivity contribution < 1.29 is 4.79 Å². The Morgan fingerprint density at radius 3 is 2.70 bits per heavy atom. The van der Waals surface area contributed by atoms with Crippen molar-refractivity contribution in [3.05, 3.63) is 64.7 Å². The molecule has 3 heteroatoms. The smallest absolute Gasteiger partial charge is 0.228 e. The number of anilines is 1. The van der Waals surface area contributed by atoms with Crippen LogP contribution in [0, 0.1) is 12.8 Å². The molecule has 2 nitrogen and oxygen atoms in total. The minimum Gasteiger partial charge on any atom is -0.326 e. The maximum Gasteiger partial charge on any atom is 0.228 e. The largest absolute Gasteiger partial charge is 0.326 e. The SMILES string of the molecule is Cc1ccc(Cl)cc1NC(=O)[C@@H]1C[C@H]1c1ccccc1. The first-order valence-corrected chi connectivity index (χ1v) is 7.15. The average molecular weight is 286 g/mol. The number of aryl methyl sites for hydroxylation is 1. The molecule has 20 heavy (non-hydrogen) atoms. The van der Waals surface area contributed by atoms with Crippen molar-refractivity contribution in [2.75, 3.05) is 5.32 Å². The van der Waals surface area contributed by atoms with Crippen LogP contribution < -0.4 is 5.32 Å². The monoisotopic (exact) mass is 285 g/mol. The zero-order valence-electron chi connectivity index (χ0n) is 11.3. The molecule has 0 radical (unpaired) electrons. The Bertz CT molecular complexity index is 639. The van der Waals surface area contributed by atoms with Gasteiger partial charge in [-0.05, 0) is 42.5 Å². The van der Waals surface area contributed by atoms with E-state index in [1.807, 2.05) is 37.3 Å². The van der Waals surface area contributed by atoms with Crippen LogP contribution in [0.5, 0.6) is 0 Å². The molecule has 0 bridgehead atoms. The molecule has 0 unspecified atom stereocenters. The van der Waals surface area contributed by atoms with E-state index < -0.39 is 0 Å². The summed E-state index contributed by atoms with van der Waals surface area (Å²) >= 11 is 5.97. The van der Waals surface area contributed by atoms with Crippen molar-refractivity contribution in [1.82, 2.24) is 0 Å². The summed E-state index contributed by atoms with van der Waals surface area (Å²) in [6.45, 7) is 1.97. The second kappa shape index (κ2) is 5.29.